The van der Waals surface area contributed by atoms with Gasteiger partial charge in [0.05, 0.1) is 0 Å². The standard InChI is InChI=1S/C24H24FN3O3/c1-16-6-5-13-28(16)24(30)20-15-31-23(27-20)19-11-9-17(10-12-19)14-26-22(29)21(25)18-7-3-2-4-8-18/h2-4,7-12,15-16,21H,5-6,13-14H2,1H3,(H,26,29). The van der Waals surface area contributed by atoms with Crippen molar-refractivity contribution in [2.75, 3.05) is 6.54 Å². The zero-order valence-electron chi connectivity index (χ0n) is 17.3. The van der Waals surface area contributed by atoms with Crippen molar-refractivity contribution >= 4 is 11.8 Å². The zero-order valence-corrected chi connectivity index (χ0v) is 17.3. The molecule has 0 bridgehead atoms. The van der Waals surface area contributed by atoms with Crippen molar-refractivity contribution in [1.82, 2.24) is 15.2 Å². The van der Waals surface area contributed by atoms with Gasteiger partial charge in [-0.25, -0.2) is 9.37 Å². The smallest absolute Gasteiger partial charge is 0.276 e. The van der Waals surface area contributed by atoms with E-state index in [1.807, 2.05) is 11.8 Å². The second kappa shape index (κ2) is 9.12. The molecule has 0 radical (unpaired) electrons. The first-order chi connectivity index (χ1) is 15.0. The number of hydrogen-bond donors (Lipinski definition) is 1. The first-order valence-corrected chi connectivity index (χ1v) is 10.4. The first kappa shape index (κ1) is 20.8. The molecule has 2 unspecified atom stereocenters. The molecule has 2 aromatic carbocycles. The highest BCUT2D eigenvalue weighted by atomic mass is 19.1. The van der Waals surface area contributed by atoms with Crippen molar-refractivity contribution in [1.29, 1.82) is 0 Å². The van der Waals surface area contributed by atoms with Gasteiger partial charge in [0.2, 0.25) is 12.1 Å². The highest BCUT2D eigenvalue weighted by molar-refractivity contribution is 5.92. The van der Waals surface area contributed by atoms with E-state index >= 15 is 0 Å². The average molecular weight is 421 g/mol. The molecule has 1 fully saturated rings. The van der Waals surface area contributed by atoms with Crippen LogP contribution in [0, 0.1) is 0 Å². The largest absolute Gasteiger partial charge is 0.444 e. The van der Waals surface area contributed by atoms with Crippen LogP contribution in [-0.4, -0.2) is 34.3 Å². The molecule has 1 saturated heterocycles. The van der Waals surface area contributed by atoms with Crippen molar-refractivity contribution in [3.05, 3.63) is 77.7 Å². The first-order valence-electron chi connectivity index (χ1n) is 10.4. The number of aromatic nitrogens is 1. The molecule has 160 valence electrons. The third-order valence-corrected chi connectivity index (χ3v) is 5.53. The molecule has 31 heavy (non-hydrogen) atoms. The minimum atomic E-state index is -1.71. The summed E-state index contributed by atoms with van der Waals surface area (Å²) in [6.07, 6.45) is 1.69. The number of likely N-dealkylation sites (tertiary alicyclic amines) is 1. The van der Waals surface area contributed by atoms with E-state index in [2.05, 4.69) is 10.3 Å². The van der Waals surface area contributed by atoms with Gasteiger partial charge in [-0.2, -0.15) is 0 Å². The molecule has 1 aliphatic heterocycles. The number of nitrogens with zero attached hydrogens (tertiary/aromatic N) is 2. The van der Waals surface area contributed by atoms with E-state index in [0.29, 0.717) is 17.1 Å². The van der Waals surface area contributed by atoms with E-state index in [0.717, 1.165) is 30.5 Å². The summed E-state index contributed by atoms with van der Waals surface area (Å²) >= 11 is 0. The van der Waals surface area contributed by atoms with Crippen LogP contribution >= 0.6 is 0 Å². The van der Waals surface area contributed by atoms with Crippen LogP contribution in [0.2, 0.25) is 0 Å². The van der Waals surface area contributed by atoms with Crippen LogP contribution in [-0.2, 0) is 11.3 Å². The van der Waals surface area contributed by atoms with Crippen LogP contribution in [0.1, 0.15) is 47.6 Å². The highest BCUT2D eigenvalue weighted by Gasteiger charge is 2.28. The van der Waals surface area contributed by atoms with Crippen LogP contribution in [0.5, 0.6) is 0 Å². The minimum Gasteiger partial charge on any atom is -0.444 e. The normalized spacial score (nSPS) is 16.8. The van der Waals surface area contributed by atoms with Gasteiger partial charge in [-0.1, -0.05) is 42.5 Å². The third kappa shape index (κ3) is 4.66. The molecule has 1 aliphatic rings. The number of hydrogen-bond acceptors (Lipinski definition) is 4. The SMILES string of the molecule is CC1CCCN1C(=O)c1coc(-c2ccc(CNC(=O)C(F)c3ccccc3)cc2)n1. The Bertz CT molecular complexity index is 1050. The summed E-state index contributed by atoms with van der Waals surface area (Å²) in [5.74, 6) is -0.431. The number of carbonyl (C=O) groups is 2. The van der Waals surface area contributed by atoms with Crippen molar-refractivity contribution in [2.45, 2.75) is 38.5 Å². The van der Waals surface area contributed by atoms with E-state index in [1.165, 1.54) is 6.26 Å². The maximum absolute atomic E-state index is 14.3. The number of halogens is 1. The van der Waals surface area contributed by atoms with Crippen LogP contribution in [0.4, 0.5) is 4.39 Å². The lowest BCUT2D eigenvalue weighted by Crippen LogP contribution is -2.33. The molecule has 0 spiro atoms. The van der Waals surface area contributed by atoms with E-state index in [1.54, 1.807) is 54.6 Å². The number of alkyl halides is 1. The quantitative estimate of drug-likeness (QED) is 0.644. The van der Waals surface area contributed by atoms with E-state index in [-0.39, 0.29) is 18.5 Å². The molecule has 7 heteroatoms. The fraction of sp³-hybridized carbons (Fsp3) is 0.292. The Morgan fingerprint density at radius 2 is 1.94 bits per heavy atom. The highest BCUT2D eigenvalue weighted by Crippen LogP contribution is 2.23. The Hall–Kier alpha value is -3.48. The summed E-state index contributed by atoms with van der Waals surface area (Å²) in [6.45, 7) is 2.98. The van der Waals surface area contributed by atoms with Gasteiger partial charge in [-0.15, -0.1) is 0 Å². The van der Waals surface area contributed by atoms with Gasteiger partial charge < -0.3 is 14.6 Å². The number of amides is 2. The van der Waals surface area contributed by atoms with Crippen molar-refractivity contribution in [3.63, 3.8) is 0 Å². The molecule has 2 atom stereocenters. The molecular formula is C24H24FN3O3. The van der Waals surface area contributed by atoms with Gasteiger partial charge in [0.25, 0.3) is 11.8 Å². The van der Waals surface area contributed by atoms with Crippen molar-refractivity contribution < 1.29 is 18.4 Å². The molecule has 6 nitrogen and oxygen atoms in total. The summed E-state index contributed by atoms with van der Waals surface area (Å²) < 4.78 is 19.8. The van der Waals surface area contributed by atoms with Crippen molar-refractivity contribution in [3.8, 4) is 11.5 Å². The van der Waals surface area contributed by atoms with Crippen LogP contribution in [0.15, 0.2) is 65.3 Å². The van der Waals surface area contributed by atoms with Gasteiger partial charge in [-0.05, 0) is 43.0 Å². The van der Waals surface area contributed by atoms with E-state index < -0.39 is 12.1 Å². The monoisotopic (exact) mass is 421 g/mol. The van der Waals surface area contributed by atoms with Gasteiger partial charge in [0.15, 0.2) is 5.69 Å². The van der Waals surface area contributed by atoms with E-state index in [9.17, 15) is 14.0 Å². The Balaban J connectivity index is 1.36. The maximum atomic E-state index is 14.3. The molecule has 0 saturated carbocycles. The number of oxazole rings is 1. The van der Waals surface area contributed by atoms with Gasteiger partial charge in [0.1, 0.15) is 6.26 Å². The lowest BCUT2D eigenvalue weighted by Gasteiger charge is -2.19. The fourth-order valence-electron chi connectivity index (χ4n) is 3.70. The number of rotatable bonds is 6. The third-order valence-electron chi connectivity index (χ3n) is 5.53. The Morgan fingerprint density at radius 3 is 2.61 bits per heavy atom. The minimum absolute atomic E-state index is 0.112. The maximum Gasteiger partial charge on any atom is 0.276 e. The summed E-state index contributed by atoms with van der Waals surface area (Å²) in [7, 11) is 0. The molecule has 2 heterocycles. The summed E-state index contributed by atoms with van der Waals surface area (Å²) in [5, 5.41) is 2.61. The average Bonchev–Trinajstić information content (AvgIpc) is 3.47. The fourth-order valence-corrected chi connectivity index (χ4v) is 3.70. The molecule has 1 N–H and O–H groups in total. The Labute approximate surface area is 180 Å². The molecule has 0 aliphatic carbocycles. The van der Waals surface area contributed by atoms with Gasteiger partial charge in [0, 0.05) is 24.7 Å². The molecule has 3 aromatic rings. The zero-order chi connectivity index (χ0) is 21.8. The summed E-state index contributed by atoms with van der Waals surface area (Å²) in [5.41, 5.74) is 2.16. The second-order valence-electron chi connectivity index (χ2n) is 7.72. The van der Waals surface area contributed by atoms with Crippen LogP contribution in [0.25, 0.3) is 11.5 Å². The van der Waals surface area contributed by atoms with Gasteiger partial charge >= 0.3 is 0 Å². The molecule has 4 rings (SSSR count). The van der Waals surface area contributed by atoms with Crippen LogP contribution < -0.4 is 5.32 Å². The lowest BCUT2D eigenvalue weighted by atomic mass is 10.1. The summed E-state index contributed by atoms with van der Waals surface area (Å²) in [4.78, 5) is 30.8. The lowest BCUT2D eigenvalue weighted by molar-refractivity contribution is -0.126. The number of nitrogens with one attached hydrogen (secondary N) is 1. The predicted molar refractivity (Wildman–Crippen MR) is 114 cm³/mol. The molecular weight excluding hydrogens is 397 g/mol. The number of benzene rings is 2. The summed E-state index contributed by atoms with van der Waals surface area (Å²) in [6, 6.07) is 15.7. The number of carbonyl (C=O) groups excluding carboxylic acids is 2. The van der Waals surface area contributed by atoms with Gasteiger partial charge in [-0.3, -0.25) is 9.59 Å². The van der Waals surface area contributed by atoms with Crippen molar-refractivity contribution in [2.24, 2.45) is 0 Å². The molecule has 1 aromatic heterocycles. The topological polar surface area (TPSA) is 75.4 Å². The van der Waals surface area contributed by atoms with E-state index in [4.69, 9.17) is 4.42 Å². The Morgan fingerprint density at radius 1 is 1.19 bits per heavy atom. The van der Waals surface area contributed by atoms with Crippen LogP contribution in [0.3, 0.4) is 0 Å². The molecule has 2 amide bonds. The second-order valence-corrected chi connectivity index (χ2v) is 7.72. The Kier molecular flexibility index (Phi) is 6.11. The predicted octanol–water partition coefficient (Wildman–Crippen LogP) is 4.29.